The average molecular weight is 249 g/mol. The Morgan fingerprint density at radius 2 is 2.06 bits per heavy atom. The van der Waals surface area contributed by atoms with Crippen molar-refractivity contribution in [3.63, 3.8) is 0 Å². The van der Waals surface area contributed by atoms with Gasteiger partial charge in [0.2, 0.25) is 0 Å². The molecule has 0 amide bonds. The van der Waals surface area contributed by atoms with Gasteiger partial charge in [-0.3, -0.25) is 0 Å². The Labute approximate surface area is 108 Å². The minimum Gasteiger partial charge on any atom is -0.307 e. The summed E-state index contributed by atoms with van der Waals surface area (Å²) >= 11 is 0. The molecule has 1 aromatic heterocycles. The number of hydrogen-bond donors (Lipinski definition) is 1. The number of nitrogens with zero attached hydrogens (tertiary/aromatic N) is 4. The predicted molar refractivity (Wildman–Crippen MR) is 68.9 cm³/mol. The lowest BCUT2D eigenvalue weighted by Gasteiger charge is -2.34. The molecule has 1 aromatic rings. The van der Waals surface area contributed by atoms with Gasteiger partial charge in [0, 0.05) is 6.04 Å². The summed E-state index contributed by atoms with van der Waals surface area (Å²) in [5.74, 6) is 2.45. The van der Waals surface area contributed by atoms with Crippen LogP contribution >= 0.6 is 0 Å². The SMILES string of the molecule is CC1CCCC(n2nnnc2CNC2CC2)C1C. The molecule has 3 atom stereocenters. The zero-order valence-corrected chi connectivity index (χ0v) is 11.3. The molecule has 0 aromatic carbocycles. The van der Waals surface area contributed by atoms with E-state index in [0.717, 1.165) is 18.3 Å². The molecule has 100 valence electrons. The van der Waals surface area contributed by atoms with E-state index in [1.807, 2.05) is 0 Å². The number of rotatable bonds is 4. The van der Waals surface area contributed by atoms with Crippen LogP contribution in [-0.2, 0) is 6.54 Å². The molecule has 1 N–H and O–H groups in total. The molecule has 2 aliphatic rings. The van der Waals surface area contributed by atoms with E-state index in [0.29, 0.717) is 18.0 Å². The molecular weight excluding hydrogens is 226 g/mol. The number of hydrogen-bond acceptors (Lipinski definition) is 4. The van der Waals surface area contributed by atoms with Crippen LogP contribution in [0.15, 0.2) is 0 Å². The summed E-state index contributed by atoms with van der Waals surface area (Å²) in [7, 11) is 0. The quantitative estimate of drug-likeness (QED) is 0.885. The van der Waals surface area contributed by atoms with Crippen LogP contribution in [0.5, 0.6) is 0 Å². The third-order valence-electron chi connectivity index (χ3n) is 4.67. The molecular formula is C13H23N5. The first-order valence-electron chi connectivity index (χ1n) is 7.26. The van der Waals surface area contributed by atoms with Gasteiger partial charge in [0.25, 0.3) is 0 Å². The fourth-order valence-corrected chi connectivity index (χ4v) is 3.01. The van der Waals surface area contributed by atoms with E-state index in [-0.39, 0.29) is 0 Å². The maximum Gasteiger partial charge on any atom is 0.165 e. The van der Waals surface area contributed by atoms with Crippen molar-refractivity contribution in [3.05, 3.63) is 5.82 Å². The fraction of sp³-hybridized carbons (Fsp3) is 0.923. The second-order valence-electron chi connectivity index (χ2n) is 6.03. The smallest absolute Gasteiger partial charge is 0.165 e. The Morgan fingerprint density at radius 1 is 1.22 bits per heavy atom. The molecule has 0 bridgehead atoms. The molecule has 3 rings (SSSR count). The minimum atomic E-state index is 0.486. The van der Waals surface area contributed by atoms with Gasteiger partial charge < -0.3 is 5.32 Å². The van der Waals surface area contributed by atoms with E-state index in [2.05, 4.69) is 39.4 Å². The fourth-order valence-electron chi connectivity index (χ4n) is 3.01. The summed E-state index contributed by atoms with van der Waals surface area (Å²) in [4.78, 5) is 0. The average Bonchev–Trinajstić information content (AvgIpc) is 3.08. The second-order valence-corrected chi connectivity index (χ2v) is 6.03. The second kappa shape index (κ2) is 4.96. The van der Waals surface area contributed by atoms with E-state index in [4.69, 9.17) is 0 Å². The van der Waals surface area contributed by atoms with Crippen LogP contribution in [0, 0.1) is 11.8 Å². The van der Waals surface area contributed by atoms with Crippen molar-refractivity contribution < 1.29 is 0 Å². The monoisotopic (exact) mass is 249 g/mol. The molecule has 0 saturated heterocycles. The Hall–Kier alpha value is -0.970. The molecule has 1 heterocycles. The minimum absolute atomic E-state index is 0.486. The van der Waals surface area contributed by atoms with E-state index in [1.165, 1.54) is 32.1 Å². The van der Waals surface area contributed by atoms with Gasteiger partial charge in [-0.15, -0.1) is 5.10 Å². The number of aromatic nitrogens is 4. The highest BCUT2D eigenvalue weighted by molar-refractivity contribution is 4.91. The highest BCUT2D eigenvalue weighted by atomic mass is 15.6. The van der Waals surface area contributed by atoms with Crippen LogP contribution in [0.1, 0.15) is 57.8 Å². The van der Waals surface area contributed by atoms with Crippen molar-refractivity contribution in [2.45, 2.75) is 64.6 Å². The van der Waals surface area contributed by atoms with Crippen molar-refractivity contribution >= 4 is 0 Å². The summed E-state index contributed by atoms with van der Waals surface area (Å²) in [6.07, 6.45) is 6.46. The topological polar surface area (TPSA) is 55.6 Å². The van der Waals surface area contributed by atoms with Crippen molar-refractivity contribution in [2.24, 2.45) is 11.8 Å². The number of nitrogens with one attached hydrogen (secondary N) is 1. The highest BCUT2D eigenvalue weighted by Crippen LogP contribution is 2.37. The van der Waals surface area contributed by atoms with Crippen LogP contribution in [0.25, 0.3) is 0 Å². The van der Waals surface area contributed by atoms with E-state index < -0.39 is 0 Å². The van der Waals surface area contributed by atoms with Crippen LogP contribution in [0.2, 0.25) is 0 Å². The molecule has 3 unspecified atom stereocenters. The maximum atomic E-state index is 4.24. The van der Waals surface area contributed by atoms with Crippen LogP contribution < -0.4 is 5.32 Å². The summed E-state index contributed by atoms with van der Waals surface area (Å²) in [5.41, 5.74) is 0. The van der Waals surface area contributed by atoms with Gasteiger partial charge >= 0.3 is 0 Å². The summed E-state index contributed by atoms with van der Waals surface area (Å²) in [5, 5.41) is 15.8. The summed E-state index contributed by atoms with van der Waals surface area (Å²) in [6.45, 7) is 5.51. The largest absolute Gasteiger partial charge is 0.307 e. The van der Waals surface area contributed by atoms with Crippen molar-refractivity contribution in [1.29, 1.82) is 0 Å². The van der Waals surface area contributed by atoms with Gasteiger partial charge in [-0.25, -0.2) is 4.68 Å². The lowest BCUT2D eigenvalue weighted by atomic mass is 9.78. The zero-order chi connectivity index (χ0) is 12.5. The van der Waals surface area contributed by atoms with Crippen molar-refractivity contribution in [1.82, 2.24) is 25.5 Å². The Bertz CT molecular complexity index is 398. The molecule has 2 aliphatic carbocycles. The molecule has 2 fully saturated rings. The van der Waals surface area contributed by atoms with Crippen LogP contribution in [-0.4, -0.2) is 26.2 Å². The van der Waals surface area contributed by atoms with Gasteiger partial charge in [0.05, 0.1) is 12.6 Å². The van der Waals surface area contributed by atoms with Gasteiger partial charge in [0.15, 0.2) is 5.82 Å². The number of tetrazole rings is 1. The molecule has 0 spiro atoms. The zero-order valence-electron chi connectivity index (χ0n) is 11.3. The van der Waals surface area contributed by atoms with Crippen LogP contribution in [0.3, 0.4) is 0 Å². The highest BCUT2D eigenvalue weighted by Gasteiger charge is 2.31. The molecule has 0 radical (unpaired) electrons. The lowest BCUT2D eigenvalue weighted by molar-refractivity contribution is 0.169. The maximum absolute atomic E-state index is 4.24. The molecule has 0 aliphatic heterocycles. The van der Waals surface area contributed by atoms with Crippen LogP contribution in [0.4, 0.5) is 0 Å². The van der Waals surface area contributed by atoms with Gasteiger partial charge in [0.1, 0.15) is 0 Å². The summed E-state index contributed by atoms with van der Waals surface area (Å²) in [6, 6.07) is 1.19. The Morgan fingerprint density at radius 3 is 2.83 bits per heavy atom. The lowest BCUT2D eigenvalue weighted by Crippen LogP contribution is -2.30. The molecule has 2 saturated carbocycles. The Balaban J connectivity index is 1.71. The van der Waals surface area contributed by atoms with E-state index in [1.54, 1.807) is 0 Å². The first-order chi connectivity index (χ1) is 8.75. The van der Waals surface area contributed by atoms with Gasteiger partial charge in [-0.05, 0) is 41.5 Å². The molecule has 5 heteroatoms. The van der Waals surface area contributed by atoms with Crippen molar-refractivity contribution in [3.8, 4) is 0 Å². The van der Waals surface area contributed by atoms with Gasteiger partial charge in [-0.2, -0.15) is 0 Å². The molecule has 18 heavy (non-hydrogen) atoms. The van der Waals surface area contributed by atoms with E-state index >= 15 is 0 Å². The Kier molecular flexibility index (Phi) is 3.33. The normalized spacial score (nSPS) is 32.7. The predicted octanol–water partition coefficient (Wildman–Crippen LogP) is 1.92. The third kappa shape index (κ3) is 2.41. The van der Waals surface area contributed by atoms with E-state index in [9.17, 15) is 0 Å². The van der Waals surface area contributed by atoms with Gasteiger partial charge in [-0.1, -0.05) is 26.7 Å². The first-order valence-corrected chi connectivity index (χ1v) is 7.26. The summed E-state index contributed by atoms with van der Waals surface area (Å²) < 4.78 is 2.08. The third-order valence-corrected chi connectivity index (χ3v) is 4.67. The first kappa shape index (κ1) is 12.1. The molecule has 5 nitrogen and oxygen atoms in total. The standard InChI is InChI=1S/C13H23N5/c1-9-4-3-5-12(10(9)2)18-13(15-16-17-18)8-14-11-6-7-11/h9-12,14H,3-8H2,1-2H3. The van der Waals surface area contributed by atoms with Crippen molar-refractivity contribution in [2.75, 3.05) is 0 Å².